The highest BCUT2D eigenvalue weighted by Gasteiger charge is 2.32. The number of anilines is 1. The lowest BCUT2D eigenvalue weighted by Gasteiger charge is -2.32. The highest BCUT2D eigenvalue weighted by molar-refractivity contribution is 7.89. The van der Waals surface area contributed by atoms with Crippen molar-refractivity contribution in [2.75, 3.05) is 11.9 Å². The van der Waals surface area contributed by atoms with Gasteiger partial charge in [-0.2, -0.15) is 0 Å². The predicted molar refractivity (Wildman–Crippen MR) is 154 cm³/mol. The van der Waals surface area contributed by atoms with E-state index in [1.807, 2.05) is 85.8 Å². The molecule has 2 amide bonds. The number of hydrogen-bond donors (Lipinski definition) is 0. The topological polar surface area (TPSA) is 74.8 Å². The first kappa shape index (κ1) is 27.5. The maximum atomic E-state index is 13.7. The molecule has 0 aliphatic heterocycles. The Kier molecular flexibility index (Phi) is 8.74. The summed E-state index contributed by atoms with van der Waals surface area (Å²) in [5.74, 6) is -0.971. The lowest BCUT2D eigenvalue weighted by atomic mass is 10.00. The minimum atomic E-state index is -4.07. The van der Waals surface area contributed by atoms with Crippen LogP contribution in [0.4, 0.5) is 5.69 Å². The SMILES string of the molecule is Cc1ccc(S(=O)(=O)N(C)C(=O)CC(c2ccccc2)N(C(=O)/C=C/c2ccccc2)c2ccccc2)cc1. The van der Waals surface area contributed by atoms with Gasteiger partial charge in [-0.1, -0.05) is 96.6 Å². The maximum absolute atomic E-state index is 13.7. The van der Waals surface area contributed by atoms with E-state index in [0.717, 1.165) is 15.4 Å². The fraction of sp³-hybridized carbons (Fsp3) is 0.125. The smallest absolute Gasteiger partial charge is 0.266 e. The Bertz CT molecular complexity index is 1540. The molecule has 4 aromatic rings. The normalized spacial score (nSPS) is 12.2. The first-order valence-electron chi connectivity index (χ1n) is 12.5. The van der Waals surface area contributed by atoms with Crippen LogP contribution in [0.3, 0.4) is 0 Å². The van der Waals surface area contributed by atoms with Gasteiger partial charge in [0.25, 0.3) is 15.9 Å². The van der Waals surface area contributed by atoms with Crippen LogP contribution in [0, 0.1) is 6.92 Å². The van der Waals surface area contributed by atoms with Crippen molar-refractivity contribution in [3.05, 3.63) is 138 Å². The van der Waals surface area contributed by atoms with Gasteiger partial charge in [-0.15, -0.1) is 0 Å². The van der Waals surface area contributed by atoms with E-state index in [9.17, 15) is 18.0 Å². The Labute approximate surface area is 229 Å². The summed E-state index contributed by atoms with van der Waals surface area (Å²) in [5, 5.41) is 0. The van der Waals surface area contributed by atoms with Gasteiger partial charge in [-0.25, -0.2) is 12.7 Å². The van der Waals surface area contributed by atoms with Crippen LogP contribution in [-0.4, -0.2) is 31.6 Å². The molecule has 1 atom stereocenters. The summed E-state index contributed by atoms with van der Waals surface area (Å²) in [6.45, 7) is 1.86. The number of aryl methyl sites for hydroxylation is 1. The third-order valence-corrected chi connectivity index (χ3v) is 8.18. The van der Waals surface area contributed by atoms with Gasteiger partial charge < -0.3 is 4.90 Å². The van der Waals surface area contributed by atoms with Crippen LogP contribution in [0.15, 0.2) is 126 Å². The third kappa shape index (κ3) is 6.69. The van der Waals surface area contributed by atoms with Crippen LogP contribution in [0.2, 0.25) is 0 Å². The van der Waals surface area contributed by atoms with Crippen LogP contribution in [0.1, 0.15) is 29.2 Å². The Balaban J connectivity index is 1.72. The number of sulfonamides is 1. The molecule has 1 unspecified atom stereocenters. The second kappa shape index (κ2) is 12.4. The number of benzene rings is 4. The molecule has 0 radical (unpaired) electrons. The minimum absolute atomic E-state index is 0.0296. The quantitative estimate of drug-likeness (QED) is 0.244. The molecule has 0 bridgehead atoms. The van der Waals surface area contributed by atoms with E-state index in [4.69, 9.17) is 0 Å². The monoisotopic (exact) mass is 538 g/mol. The van der Waals surface area contributed by atoms with E-state index < -0.39 is 22.0 Å². The van der Waals surface area contributed by atoms with Crippen LogP contribution < -0.4 is 4.90 Å². The van der Waals surface area contributed by atoms with Gasteiger partial charge in [0.1, 0.15) is 0 Å². The average Bonchev–Trinajstić information content (AvgIpc) is 2.97. The molecule has 6 nitrogen and oxygen atoms in total. The van der Waals surface area contributed by atoms with Crippen molar-refractivity contribution >= 4 is 33.6 Å². The van der Waals surface area contributed by atoms with E-state index in [0.29, 0.717) is 11.3 Å². The second-order valence-electron chi connectivity index (χ2n) is 9.10. The average molecular weight is 539 g/mol. The molecule has 0 aliphatic rings. The summed E-state index contributed by atoms with van der Waals surface area (Å²) >= 11 is 0. The molecule has 4 aromatic carbocycles. The molecular weight excluding hydrogens is 508 g/mol. The van der Waals surface area contributed by atoms with Crippen molar-refractivity contribution in [2.45, 2.75) is 24.3 Å². The summed E-state index contributed by atoms with van der Waals surface area (Å²) in [6.07, 6.45) is 2.94. The van der Waals surface area contributed by atoms with Gasteiger partial charge in [0.05, 0.1) is 17.4 Å². The van der Waals surface area contributed by atoms with E-state index in [1.54, 1.807) is 35.2 Å². The summed E-state index contributed by atoms with van der Waals surface area (Å²) in [5.41, 5.74) is 3.06. The molecule has 0 spiro atoms. The number of para-hydroxylation sites is 1. The van der Waals surface area contributed by atoms with Crippen LogP contribution in [0.5, 0.6) is 0 Å². The van der Waals surface area contributed by atoms with Gasteiger partial charge in [0.15, 0.2) is 0 Å². The number of carbonyl (C=O) groups excluding carboxylic acids is 2. The first-order valence-corrected chi connectivity index (χ1v) is 14.0. The Morgan fingerprint density at radius 2 is 1.31 bits per heavy atom. The number of nitrogens with zero attached hydrogens (tertiary/aromatic N) is 2. The van der Waals surface area contributed by atoms with Crippen LogP contribution in [0.25, 0.3) is 6.08 Å². The predicted octanol–water partition coefficient (Wildman–Crippen LogP) is 6.02. The van der Waals surface area contributed by atoms with Crippen molar-refractivity contribution in [1.29, 1.82) is 0 Å². The lowest BCUT2D eigenvalue weighted by Crippen LogP contribution is -2.39. The third-order valence-electron chi connectivity index (χ3n) is 6.38. The van der Waals surface area contributed by atoms with Crippen molar-refractivity contribution in [2.24, 2.45) is 0 Å². The molecular formula is C32H30N2O4S. The van der Waals surface area contributed by atoms with Gasteiger partial charge >= 0.3 is 0 Å². The fourth-order valence-electron chi connectivity index (χ4n) is 4.19. The Morgan fingerprint density at radius 3 is 1.90 bits per heavy atom. The summed E-state index contributed by atoms with van der Waals surface area (Å²) in [4.78, 5) is 28.8. The van der Waals surface area contributed by atoms with Crippen molar-refractivity contribution in [1.82, 2.24) is 4.31 Å². The first-order chi connectivity index (χ1) is 18.8. The number of amides is 2. The highest BCUT2D eigenvalue weighted by atomic mass is 32.2. The van der Waals surface area contributed by atoms with E-state index >= 15 is 0 Å². The molecule has 0 aliphatic carbocycles. The molecule has 7 heteroatoms. The van der Waals surface area contributed by atoms with Crippen LogP contribution >= 0.6 is 0 Å². The minimum Gasteiger partial charge on any atom is -0.301 e. The second-order valence-corrected chi connectivity index (χ2v) is 11.1. The van der Waals surface area contributed by atoms with Crippen molar-refractivity contribution < 1.29 is 18.0 Å². The molecule has 0 heterocycles. The standard InChI is InChI=1S/C32H30N2O4S/c1-25-18-21-29(22-19-25)39(37,38)33(2)32(36)24-30(27-14-8-4-9-15-27)34(28-16-10-5-11-17-28)31(35)23-20-26-12-6-3-7-13-26/h3-23,30H,24H2,1-2H3/b23-20+. The number of carbonyl (C=O) groups is 2. The highest BCUT2D eigenvalue weighted by Crippen LogP contribution is 2.32. The summed E-state index contributed by atoms with van der Waals surface area (Å²) in [7, 11) is -2.82. The van der Waals surface area contributed by atoms with Crippen LogP contribution in [-0.2, 0) is 19.6 Å². The molecule has 39 heavy (non-hydrogen) atoms. The van der Waals surface area contributed by atoms with Crippen molar-refractivity contribution in [3.63, 3.8) is 0 Å². The van der Waals surface area contributed by atoms with Gasteiger partial charge in [0.2, 0.25) is 5.91 Å². The van der Waals surface area contributed by atoms with Gasteiger partial charge in [0, 0.05) is 18.8 Å². The molecule has 0 fully saturated rings. The summed E-state index contributed by atoms with van der Waals surface area (Å²) < 4.78 is 27.3. The van der Waals surface area contributed by atoms with Gasteiger partial charge in [-0.05, 0) is 48.4 Å². The zero-order chi connectivity index (χ0) is 27.8. The van der Waals surface area contributed by atoms with E-state index in [1.165, 1.54) is 25.3 Å². The van der Waals surface area contributed by atoms with E-state index in [2.05, 4.69) is 0 Å². The summed E-state index contributed by atoms with van der Waals surface area (Å²) in [6, 6.07) is 33.2. The zero-order valence-electron chi connectivity index (χ0n) is 21.8. The molecule has 0 aromatic heterocycles. The molecule has 4 rings (SSSR count). The maximum Gasteiger partial charge on any atom is 0.266 e. The largest absolute Gasteiger partial charge is 0.301 e. The number of rotatable bonds is 9. The van der Waals surface area contributed by atoms with E-state index in [-0.39, 0.29) is 17.2 Å². The zero-order valence-corrected chi connectivity index (χ0v) is 22.7. The fourth-order valence-corrected chi connectivity index (χ4v) is 5.33. The molecule has 0 saturated heterocycles. The Morgan fingerprint density at radius 1 is 0.769 bits per heavy atom. The van der Waals surface area contributed by atoms with Crippen molar-refractivity contribution in [3.8, 4) is 0 Å². The van der Waals surface area contributed by atoms with Gasteiger partial charge in [-0.3, -0.25) is 9.59 Å². The Hall–Kier alpha value is -4.49. The molecule has 0 saturated carbocycles. The lowest BCUT2D eigenvalue weighted by molar-refractivity contribution is -0.126. The molecule has 0 N–H and O–H groups in total. The number of hydrogen-bond acceptors (Lipinski definition) is 4. The molecule has 198 valence electrons.